The molecule has 4 rings (SSSR count). The van der Waals surface area contributed by atoms with Crippen LogP contribution in [-0.4, -0.2) is 60.2 Å². The monoisotopic (exact) mass is 316 g/mol. The van der Waals surface area contributed by atoms with E-state index in [0.29, 0.717) is 43.9 Å². The lowest BCUT2D eigenvalue weighted by molar-refractivity contribution is -0.136. The van der Waals surface area contributed by atoms with E-state index in [-0.39, 0.29) is 17.9 Å². The minimum Gasteiger partial charge on any atom is -0.496 e. The Kier molecular flexibility index (Phi) is 3.13. The number of aryl methyl sites for hydroxylation is 1. The van der Waals surface area contributed by atoms with Crippen molar-refractivity contribution in [3.05, 3.63) is 29.3 Å². The fraction of sp³-hybridized carbons (Fsp3) is 0.529. The van der Waals surface area contributed by atoms with Crippen molar-refractivity contribution in [3.63, 3.8) is 0 Å². The summed E-state index contributed by atoms with van der Waals surface area (Å²) >= 11 is 0. The summed E-state index contributed by atoms with van der Waals surface area (Å²) in [4.78, 5) is 28.8. The SMILES string of the molecule is COc1cc(C(=O)N2CC[C@@]34OCCN3C(=O)C[C@@H]24)ccc1C. The van der Waals surface area contributed by atoms with Gasteiger partial charge >= 0.3 is 0 Å². The van der Waals surface area contributed by atoms with Gasteiger partial charge in [0.25, 0.3) is 5.91 Å². The number of ether oxygens (including phenoxy) is 2. The number of benzene rings is 1. The van der Waals surface area contributed by atoms with Crippen LogP contribution >= 0.6 is 0 Å². The molecule has 3 saturated heterocycles. The molecule has 3 fully saturated rings. The maximum Gasteiger partial charge on any atom is 0.254 e. The number of methoxy groups -OCH3 is 1. The standard InChI is InChI=1S/C17H20N2O4/c1-11-3-4-12(9-13(11)22-2)16(21)18-6-5-17-14(18)10-15(20)19(17)7-8-23-17/h3-4,9,14H,5-8,10H2,1-2H3/t14-,17+/m1/s1. The van der Waals surface area contributed by atoms with E-state index in [0.717, 1.165) is 5.56 Å². The van der Waals surface area contributed by atoms with Crippen LogP contribution in [0.15, 0.2) is 18.2 Å². The van der Waals surface area contributed by atoms with Gasteiger partial charge in [-0.3, -0.25) is 9.59 Å². The van der Waals surface area contributed by atoms with Crippen molar-refractivity contribution in [2.45, 2.75) is 31.5 Å². The van der Waals surface area contributed by atoms with Crippen LogP contribution in [0.25, 0.3) is 0 Å². The van der Waals surface area contributed by atoms with Gasteiger partial charge in [0.05, 0.1) is 26.2 Å². The molecule has 2 atom stereocenters. The zero-order valence-corrected chi connectivity index (χ0v) is 13.4. The first kappa shape index (κ1) is 14.5. The van der Waals surface area contributed by atoms with E-state index in [1.165, 1.54) is 0 Å². The average molecular weight is 316 g/mol. The topological polar surface area (TPSA) is 59.1 Å². The molecule has 0 N–H and O–H groups in total. The van der Waals surface area contributed by atoms with Crippen LogP contribution in [0.3, 0.4) is 0 Å². The molecule has 0 radical (unpaired) electrons. The highest BCUT2D eigenvalue weighted by molar-refractivity contribution is 5.96. The van der Waals surface area contributed by atoms with Crippen molar-refractivity contribution >= 4 is 11.8 Å². The largest absolute Gasteiger partial charge is 0.496 e. The molecule has 122 valence electrons. The number of amides is 2. The van der Waals surface area contributed by atoms with Crippen LogP contribution in [0, 0.1) is 6.92 Å². The lowest BCUT2D eigenvalue weighted by Gasteiger charge is -2.31. The van der Waals surface area contributed by atoms with Crippen LogP contribution < -0.4 is 4.74 Å². The minimum absolute atomic E-state index is 0.0599. The Hall–Kier alpha value is -2.08. The Bertz CT molecular complexity index is 689. The summed E-state index contributed by atoms with van der Waals surface area (Å²) in [6.45, 7) is 3.75. The molecule has 2 amide bonds. The molecule has 3 heterocycles. The Balaban J connectivity index is 1.64. The zero-order valence-electron chi connectivity index (χ0n) is 13.4. The fourth-order valence-corrected chi connectivity index (χ4v) is 4.15. The highest BCUT2D eigenvalue weighted by Crippen LogP contribution is 2.46. The predicted octanol–water partition coefficient (Wildman–Crippen LogP) is 1.18. The van der Waals surface area contributed by atoms with E-state index in [4.69, 9.17) is 9.47 Å². The van der Waals surface area contributed by atoms with E-state index in [9.17, 15) is 9.59 Å². The lowest BCUT2D eigenvalue weighted by atomic mass is 10.1. The third-order valence-corrected chi connectivity index (χ3v) is 5.32. The molecule has 23 heavy (non-hydrogen) atoms. The number of nitrogens with zero attached hydrogens (tertiary/aromatic N) is 2. The molecule has 0 saturated carbocycles. The maximum atomic E-state index is 12.9. The molecule has 1 aromatic rings. The summed E-state index contributed by atoms with van der Waals surface area (Å²) in [6.07, 6.45) is 1.05. The maximum absolute atomic E-state index is 12.9. The smallest absolute Gasteiger partial charge is 0.254 e. The molecule has 0 unspecified atom stereocenters. The van der Waals surface area contributed by atoms with Gasteiger partial charge in [0.1, 0.15) is 5.75 Å². The molecule has 3 aliphatic heterocycles. The number of carbonyl (C=O) groups is 2. The highest BCUT2D eigenvalue weighted by atomic mass is 16.5. The molecule has 0 aliphatic carbocycles. The van der Waals surface area contributed by atoms with Crippen molar-refractivity contribution in [1.29, 1.82) is 0 Å². The Morgan fingerprint density at radius 2 is 2.22 bits per heavy atom. The number of carbonyl (C=O) groups excluding carboxylic acids is 2. The van der Waals surface area contributed by atoms with Gasteiger partial charge in [-0.15, -0.1) is 0 Å². The van der Waals surface area contributed by atoms with E-state index in [1.807, 2.05) is 24.0 Å². The second kappa shape index (κ2) is 4.96. The quantitative estimate of drug-likeness (QED) is 0.822. The van der Waals surface area contributed by atoms with E-state index < -0.39 is 5.72 Å². The van der Waals surface area contributed by atoms with Gasteiger partial charge < -0.3 is 19.3 Å². The molecular formula is C17H20N2O4. The number of hydrogen-bond acceptors (Lipinski definition) is 4. The Morgan fingerprint density at radius 1 is 1.39 bits per heavy atom. The number of likely N-dealkylation sites (tertiary alicyclic amines) is 1. The molecule has 6 nitrogen and oxygen atoms in total. The second-order valence-electron chi connectivity index (χ2n) is 6.39. The molecule has 1 aromatic carbocycles. The summed E-state index contributed by atoms with van der Waals surface area (Å²) in [6, 6.07) is 5.29. The minimum atomic E-state index is -0.582. The van der Waals surface area contributed by atoms with Crippen LogP contribution in [0.1, 0.15) is 28.8 Å². The number of hydrogen-bond donors (Lipinski definition) is 0. The first-order valence-electron chi connectivity index (χ1n) is 7.97. The van der Waals surface area contributed by atoms with Crippen molar-refractivity contribution in [1.82, 2.24) is 9.80 Å². The third kappa shape index (κ3) is 1.91. The van der Waals surface area contributed by atoms with Gasteiger partial charge in [0, 0.05) is 25.1 Å². The van der Waals surface area contributed by atoms with Gasteiger partial charge in [-0.05, 0) is 24.6 Å². The van der Waals surface area contributed by atoms with Gasteiger partial charge in [0.2, 0.25) is 5.91 Å². The second-order valence-corrected chi connectivity index (χ2v) is 6.39. The predicted molar refractivity (Wildman–Crippen MR) is 82.2 cm³/mol. The zero-order chi connectivity index (χ0) is 16.2. The summed E-state index contributed by atoms with van der Waals surface area (Å²) in [7, 11) is 1.60. The van der Waals surface area contributed by atoms with Gasteiger partial charge in [-0.1, -0.05) is 6.07 Å². The highest BCUT2D eigenvalue weighted by Gasteiger charge is 2.62. The van der Waals surface area contributed by atoms with Crippen LogP contribution in [0.2, 0.25) is 0 Å². The average Bonchev–Trinajstić information content (AvgIpc) is 3.18. The molecule has 0 aromatic heterocycles. The Morgan fingerprint density at radius 3 is 3.00 bits per heavy atom. The molecule has 3 aliphatic rings. The van der Waals surface area contributed by atoms with Crippen molar-refractivity contribution in [2.75, 3.05) is 26.8 Å². The molecular weight excluding hydrogens is 296 g/mol. The molecule has 0 bridgehead atoms. The normalized spacial score (nSPS) is 29.0. The van der Waals surface area contributed by atoms with Crippen LogP contribution in [-0.2, 0) is 9.53 Å². The summed E-state index contributed by atoms with van der Waals surface area (Å²) in [5, 5.41) is 0. The van der Waals surface area contributed by atoms with Crippen molar-refractivity contribution < 1.29 is 19.1 Å². The van der Waals surface area contributed by atoms with Gasteiger partial charge in [0.15, 0.2) is 5.72 Å². The first-order valence-corrected chi connectivity index (χ1v) is 7.97. The lowest BCUT2D eigenvalue weighted by Crippen LogP contribution is -2.48. The summed E-state index contributed by atoms with van der Waals surface area (Å²) in [5.41, 5.74) is 0.998. The van der Waals surface area contributed by atoms with Crippen molar-refractivity contribution in [2.24, 2.45) is 0 Å². The molecule has 6 heteroatoms. The van der Waals surface area contributed by atoms with Crippen LogP contribution in [0.5, 0.6) is 5.75 Å². The first-order chi connectivity index (χ1) is 11.1. The summed E-state index contributed by atoms with van der Waals surface area (Å²) < 4.78 is 11.2. The van der Waals surface area contributed by atoms with Gasteiger partial charge in [-0.2, -0.15) is 0 Å². The van der Waals surface area contributed by atoms with E-state index in [2.05, 4.69) is 0 Å². The van der Waals surface area contributed by atoms with E-state index in [1.54, 1.807) is 18.1 Å². The van der Waals surface area contributed by atoms with Crippen molar-refractivity contribution in [3.8, 4) is 5.75 Å². The molecule has 1 spiro atoms. The number of rotatable bonds is 2. The van der Waals surface area contributed by atoms with Crippen LogP contribution in [0.4, 0.5) is 0 Å². The third-order valence-electron chi connectivity index (χ3n) is 5.32. The fourth-order valence-electron chi connectivity index (χ4n) is 4.15. The Labute approximate surface area is 134 Å². The van der Waals surface area contributed by atoms with E-state index >= 15 is 0 Å². The van der Waals surface area contributed by atoms with Gasteiger partial charge in [-0.25, -0.2) is 0 Å². The summed E-state index contributed by atoms with van der Waals surface area (Å²) in [5.74, 6) is 0.729.